The number of aliphatic hydroxyl groups is 1. The van der Waals surface area contributed by atoms with Gasteiger partial charge in [-0.05, 0) is 18.1 Å². The van der Waals surface area contributed by atoms with Crippen molar-refractivity contribution >= 4 is 5.78 Å². The Morgan fingerprint density at radius 1 is 1.29 bits per heavy atom. The molecule has 0 aliphatic rings. The first kappa shape index (κ1) is 11.5. The number of hydrogen-bond acceptors (Lipinski definition) is 3. The van der Waals surface area contributed by atoms with Crippen LogP contribution in [0.25, 0.3) is 0 Å². The van der Waals surface area contributed by atoms with Crippen molar-refractivity contribution in [2.45, 2.75) is 20.1 Å². The van der Waals surface area contributed by atoms with Crippen LogP contribution in [0.4, 0.5) is 0 Å². The Bertz CT molecular complexity index is 514. The Morgan fingerprint density at radius 2 is 1.94 bits per heavy atom. The highest BCUT2D eigenvalue weighted by Gasteiger charge is 2.03. The number of hydrogen-bond donors (Lipinski definition) is 1. The molecule has 0 saturated carbocycles. The number of nitrogens with zero attached hydrogens (tertiary/aromatic N) is 2. The molecule has 4 heteroatoms. The van der Waals surface area contributed by atoms with Crippen LogP contribution in [0, 0.1) is 0 Å². The molecule has 0 fully saturated rings. The van der Waals surface area contributed by atoms with Gasteiger partial charge in [-0.2, -0.15) is 5.10 Å². The van der Waals surface area contributed by atoms with E-state index in [1.165, 1.54) is 6.92 Å². The zero-order valence-corrected chi connectivity index (χ0v) is 9.63. The third-order valence-electron chi connectivity index (χ3n) is 2.59. The number of carbonyl (C=O) groups is 1. The van der Waals surface area contributed by atoms with E-state index >= 15 is 0 Å². The van der Waals surface area contributed by atoms with Crippen molar-refractivity contribution in [1.82, 2.24) is 9.78 Å². The summed E-state index contributed by atoms with van der Waals surface area (Å²) in [6, 6.07) is 7.65. The molecular formula is C13H14N2O2. The van der Waals surface area contributed by atoms with E-state index < -0.39 is 0 Å². The molecule has 0 spiro atoms. The van der Waals surface area contributed by atoms with Crippen molar-refractivity contribution in [2.75, 3.05) is 0 Å². The van der Waals surface area contributed by atoms with Gasteiger partial charge in [0.2, 0.25) is 0 Å². The molecular weight excluding hydrogens is 216 g/mol. The van der Waals surface area contributed by atoms with E-state index in [1.807, 2.05) is 24.3 Å². The fourth-order valence-corrected chi connectivity index (χ4v) is 1.57. The van der Waals surface area contributed by atoms with Gasteiger partial charge >= 0.3 is 0 Å². The minimum atomic E-state index is 0.0203. The predicted octanol–water partition coefficient (Wildman–Crippen LogP) is 1.63. The first-order chi connectivity index (χ1) is 8.19. The van der Waals surface area contributed by atoms with Crippen LogP contribution in [-0.4, -0.2) is 20.7 Å². The molecule has 0 saturated heterocycles. The lowest BCUT2D eigenvalue weighted by Gasteiger charge is -2.02. The fraction of sp³-hybridized carbons (Fsp3) is 0.231. The molecule has 0 aliphatic heterocycles. The Kier molecular flexibility index (Phi) is 3.35. The maximum atomic E-state index is 11.1. The molecule has 0 aliphatic carbocycles. The number of ketones is 1. The van der Waals surface area contributed by atoms with Gasteiger partial charge in [-0.3, -0.25) is 9.48 Å². The zero-order valence-electron chi connectivity index (χ0n) is 9.63. The zero-order chi connectivity index (χ0) is 12.3. The van der Waals surface area contributed by atoms with Crippen molar-refractivity contribution in [1.29, 1.82) is 0 Å². The quantitative estimate of drug-likeness (QED) is 0.812. The summed E-state index contributed by atoms with van der Waals surface area (Å²) in [7, 11) is 0. The summed E-state index contributed by atoms with van der Waals surface area (Å²) in [6.07, 6.45) is 3.31. The topological polar surface area (TPSA) is 55.1 Å². The molecule has 2 rings (SSSR count). The average Bonchev–Trinajstić information content (AvgIpc) is 2.79. The number of aliphatic hydroxyl groups excluding tert-OH is 1. The van der Waals surface area contributed by atoms with E-state index in [4.69, 9.17) is 5.11 Å². The third kappa shape index (κ3) is 2.79. The Balaban J connectivity index is 2.11. The summed E-state index contributed by atoms with van der Waals surface area (Å²) < 4.78 is 1.73. The van der Waals surface area contributed by atoms with Gasteiger partial charge in [-0.1, -0.05) is 24.3 Å². The van der Waals surface area contributed by atoms with Gasteiger partial charge in [0.1, 0.15) is 0 Å². The van der Waals surface area contributed by atoms with Crippen LogP contribution >= 0.6 is 0 Å². The van der Waals surface area contributed by atoms with E-state index in [0.717, 1.165) is 11.1 Å². The largest absolute Gasteiger partial charge is 0.392 e. The normalized spacial score (nSPS) is 10.5. The van der Waals surface area contributed by atoms with E-state index in [0.29, 0.717) is 12.1 Å². The van der Waals surface area contributed by atoms with Gasteiger partial charge in [0, 0.05) is 6.20 Å². The molecule has 2 aromatic rings. The maximum absolute atomic E-state index is 11.1. The van der Waals surface area contributed by atoms with Crippen molar-refractivity contribution in [3.63, 3.8) is 0 Å². The van der Waals surface area contributed by atoms with Gasteiger partial charge in [0.05, 0.1) is 24.9 Å². The highest BCUT2D eigenvalue weighted by atomic mass is 16.3. The molecule has 1 N–H and O–H groups in total. The second kappa shape index (κ2) is 4.93. The highest BCUT2D eigenvalue weighted by Crippen LogP contribution is 2.07. The number of benzene rings is 1. The number of aromatic nitrogens is 2. The van der Waals surface area contributed by atoms with Gasteiger partial charge in [0.15, 0.2) is 5.78 Å². The molecule has 88 valence electrons. The van der Waals surface area contributed by atoms with Crippen LogP contribution in [0.2, 0.25) is 0 Å². The summed E-state index contributed by atoms with van der Waals surface area (Å²) in [5.74, 6) is 0.0203. The number of Topliss-reactive ketones (excluding diaryl/α,β-unsaturated/α-hetero) is 1. The standard InChI is InChI=1S/C13H14N2O2/c1-10(17)13-6-14-15(8-13)7-11-2-4-12(9-16)5-3-11/h2-6,8,16H,7,9H2,1H3. The average molecular weight is 230 g/mol. The Labute approximate surface area is 99.5 Å². The van der Waals surface area contributed by atoms with Crippen molar-refractivity contribution in [2.24, 2.45) is 0 Å². The van der Waals surface area contributed by atoms with Gasteiger partial charge in [0.25, 0.3) is 0 Å². The lowest BCUT2D eigenvalue weighted by Crippen LogP contribution is -2.00. The van der Waals surface area contributed by atoms with Crippen LogP contribution in [0.5, 0.6) is 0 Å². The van der Waals surface area contributed by atoms with E-state index in [1.54, 1.807) is 17.1 Å². The molecule has 4 nitrogen and oxygen atoms in total. The van der Waals surface area contributed by atoms with Crippen LogP contribution in [0.1, 0.15) is 28.4 Å². The first-order valence-electron chi connectivity index (χ1n) is 5.41. The number of rotatable bonds is 4. The molecule has 0 amide bonds. The number of carbonyl (C=O) groups excluding carboxylic acids is 1. The second-order valence-corrected chi connectivity index (χ2v) is 3.96. The van der Waals surface area contributed by atoms with Crippen molar-refractivity contribution in [3.05, 3.63) is 53.3 Å². The molecule has 1 heterocycles. The molecule has 1 aromatic carbocycles. The minimum absolute atomic E-state index is 0.0203. The van der Waals surface area contributed by atoms with Crippen LogP contribution in [-0.2, 0) is 13.2 Å². The van der Waals surface area contributed by atoms with Gasteiger partial charge in [-0.15, -0.1) is 0 Å². The van der Waals surface area contributed by atoms with E-state index in [2.05, 4.69) is 5.10 Å². The molecule has 0 unspecified atom stereocenters. The van der Waals surface area contributed by atoms with Crippen LogP contribution in [0.3, 0.4) is 0 Å². The Hall–Kier alpha value is -1.94. The molecule has 0 atom stereocenters. The summed E-state index contributed by atoms with van der Waals surface area (Å²) in [5, 5.41) is 13.0. The van der Waals surface area contributed by atoms with E-state index in [9.17, 15) is 4.79 Å². The molecule has 17 heavy (non-hydrogen) atoms. The SMILES string of the molecule is CC(=O)c1cnn(Cc2ccc(CO)cc2)c1. The summed E-state index contributed by atoms with van der Waals surface area (Å²) >= 11 is 0. The second-order valence-electron chi connectivity index (χ2n) is 3.96. The van der Waals surface area contributed by atoms with E-state index in [-0.39, 0.29) is 12.4 Å². The fourth-order valence-electron chi connectivity index (χ4n) is 1.57. The lowest BCUT2D eigenvalue weighted by atomic mass is 10.1. The van der Waals surface area contributed by atoms with Crippen molar-refractivity contribution < 1.29 is 9.90 Å². The smallest absolute Gasteiger partial charge is 0.162 e. The lowest BCUT2D eigenvalue weighted by molar-refractivity contribution is 0.101. The van der Waals surface area contributed by atoms with Crippen LogP contribution in [0.15, 0.2) is 36.7 Å². The summed E-state index contributed by atoms with van der Waals surface area (Å²) in [5.41, 5.74) is 2.59. The van der Waals surface area contributed by atoms with Crippen molar-refractivity contribution in [3.8, 4) is 0 Å². The summed E-state index contributed by atoms with van der Waals surface area (Å²) in [4.78, 5) is 11.1. The first-order valence-corrected chi connectivity index (χ1v) is 5.41. The Morgan fingerprint density at radius 3 is 2.47 bits per heavy atom. The monoisotopic (exact) mass is 230 g/mol. The predicted molar refractivity (Wildman–Crippen MR) is 63.7 cm³/mol. The summed E-state index contributed by atoms with van der Waals surface area (Å²) in [6.45, 7) is 2.20. The third-order valence-corrected chi connectivity index (χ3v) is 2.59. The van der Waals surface area contributed by atoms with Gasteiger partial charge in [-0.25, -0.2) is 0 Å². The van der Waals surface area contributed by atoms with Gasteiger partial charge < -0.3 is 5.11 Å². The maximum Gasteiger partial charge on any atom is 0.162 e. The van der Waals surface area contributed by atoms with Crippen LogP contribution < -0.4 is 0 Å². The molecule has 0 radical (unpaired) electrons. The highest BCUT2D eigenvalue weighted by molar-refractivity contribution is 5.93. The molecule has 1 aromatic heterocycles. The minimum Gasteiger partial charge on any atom is -0.392 e. The molecule has 0 bridgehead atoms.